The van der Waals surface area contributed by atoms with E-state index in [-0.39, 0.29) is 28.5 Å². The first-order valence-corrected chi connectivity index (χ1v) is 11.0. The van der Waals surface area contributed by atoms with Crippen molar-refractivity contribution in [1.82, 2.24) is 0 Å². The third kappa shape index (κ3) is 4.52. The molecule has 2 rings (SSSR count). The highest BCUT2D eigenvalue weighted by atomic mass is 31.1. The SMILES string of the molecule is CCOC1=C(P=C([O-])c2ccccc2)C(OCC)C(C)(C)C(OCC)C1(C)C. The van der Waals surface area contributed by atoms with E-state index in [1.54, 1.807) is 0 Å². The summed E-state index contributed by atoms with van der Waals surface area (Å²) in [5.41, 5.74) is 0.0713. The van der Waals surface area contributed by atoms with E-state index in [1.165, 1.54) is 0 Å². The topological polar surface area (TPSA) is 50.8 Å². The Morgan fingerprint density at radius 1 is 0.964 bits per heavy atom. The molecule has 0 aromatic heterocycles. The van der Waals surface area contributed by atoms with Gasteiger partial charge in [0.15, 0.2) is 0 Å². The standard InChI is InChI=1S/C23H35O4P/c1-8-25-18-17(28-20(24)16-14-12-11-13-15-16)19(26-9-2)23(6,7)21(27-10-3)22(18,4)5/h11-15,18,21,24H,8-10H2,1-7H3/p-1. The van der Waals surface area contributed by atoms with Crippen LogP contribution in [0.25, 0.3) is 0 Å². The monoisotopic (exact) mass is 405 g/mol. The lowest BCUT2D eigenvalue weighted by Gasteiger charge is -2.53. The van der Waals surface area contributed by atoms with E-state index < -0.39 is 0 Å². The first-order valence-electron chi connectivity index (χ1n) is 10.1. The Labute approximate surface area is 171 Å². The summed E-state index contributed by atoms with van der Waals surface area (Å²) in [4.78, 5) is 0. The van der Waals surface area contributed by atoms with E-state index in [1.807, 2.05) is 51.1 Å². The molecule has 0 saturated carbocycles. The Bertz CT molecular complexity index is 707. The van der Waals surface area contributed by atoms with Crippen LogP contribution in [0.3, 0.4) is 0 Å². The lowest BCUT2D eigenvalue weighted by Crippen LogP contribution is -2.56. The highest BCUT2D eigenvalue weighted by Gasteiger charge is 2.55. The maximum absolute atomic E-state index is 13.1. The maximum Gasteiger partial charge on any atom is 0.114 e. The summed E-state index contributed by atoms with van der Waals surface area (Å²) >= 11 is 0. The van der Waals surface area contributed by atoms with Crippen molar-refractivity contribution in [1.29, 1.82) is 0 Å². The smallest absolute Gasteiger partial charge is 0.114 e. The van der Waals surface area contributed by atoms with Crippen molar-refractivity contribution in [3.05, 3.63) is 47.0 Å². The number of ether oxygens (including phenoxy) is 3. The van der Waals surface area contributed by atoms with Gasteiger partial charge >= 0.3 is 0 Å². The molecule has 0 bridgehead atoms. The summed E-state index contributed by atoms with van der Waals surface area (Å²) in [6, 6.07) is 9.41. The molecule has 0 spiro atoms. The molecule has 2 unspecified atom stereocenters. The van der Waals surface area contributed by atoms with E-state index in [9.17, 15) is 5.11 Å². The average molecular weight is 405 g/mol. The van der Waals surface area contributed by atoms with E-state index in [2.05, 4.69) is 27.7 Å². The van der Waals surface area contributed by atoms with Gasteiger partial charge in [0.2, 0.25) is 0 Å². The molecule has 0 radical (unpaired) electrons. The van der Waals surface area contributed by atoms with Crippen LogP contribution in [-0.2, 0) is 14.2 Å². The van der Waals surface area contributed by atoms with Gasteiger partial charge in [0.1, 0.15) is 5.76 Å². The second kappa shape index (κ2) is 9.54. The fourth-order valence-corrected chi connectivity index (χ4v) is 5.78. The molecular formula is C23H34O4P-. The Morgan fingerprint density at radius 3 is 2.11 bits per heavy atom. The quantitative estimate of drug-likeness (QED) is 0.594. The predicted octanol–water partition coefficient (Wildman–Crippen LogP) is 4.60. The molecule has 1 aromatic carbocycles. The Balaban J connectivity index is 2.71. The van der Waals surface area contributed by atoms with Crippen LogP contribution >= 0.6 is 8.20 Å². The molecule has 1 aliphatic rings. The Kier molecular flexibility index (Phi) is 7.87. The third-order valence-electron chi connectivity index (χ3n) is 5.27. The van der Waals surface area contributed by atoms with Crippen LogP contribution in [0, 0.1) is 10.8 Å². The van der Waals surface area contributed by atoms with Crippen molar-refractivity contribution in [3.63, 3.8) is 0 Å². The van der Waals surface area contributed by atoms with Gasteiger partial charge in [0.25, 0.3) is 0 Å². The van der Waals surface area contributed by atoms with E-state index in [0.717, 1.165) is 11.1 Å². The maximum atomic E-state index is 13.1. The molecule has 2 atom stereocenters. The van der Waals surface area contributed by atoms with Crippen LogP contribution in [0.5, 0.6) is 0 Å². The largest absolute Gasteiger partial charge is 0.823 e. The van der Waals surface area contributed by atoms with Crippen molar-refractivity contribution in [2.45, 2.75) is 60.7 Å². The molecule has 0 saturated heterocycles. The fraction of sp³-hybridized carbons (Fsp3) is 0.609. The van der Waals surface area contributed by atoms with Gasteiger partial charge in [-0.15, -0.1) is 5.48 Å². The molecule has 5 heteroatoms. The summed E-state index contributed by atoms with van der Waals surface area (Å²) in [6.07, 6.45) is -0.341. The average Bonchev–Trinajstić information content (AvgIpc) is 2.66. The van der Waals surface area contributed by atoms with Crippen molar-refractivity contribution < 1.29 is 19.3 Å². The fourth-order valence-electron chi connectivity index (χ4n) is 4.31. The minimum absolute atomic E-state index is 0.0546. The molecule has 0 N–H and O–H groups in total. The van der Waals surface area contributed by atoms with Crippen LogP contribution in [0.2, 0.25) is 0 Å². The van der Waals surface area contributed by atoms with Crippen molar-refractivity contribution in [2.75, 3.05) is 19.8 Å². The molecular weight excluding hydrogens is 371 g/mol. The first kappa shape index (κ1) is 23.1. The summed E-state index contributed by atoms with van der Waals surface area (Å²) in [5.74, 6) is 0.831. The number of benzene rings is 1. The highest BCUT2D eigenvalue weighted by molar-refractivity contribution is 7.45. The Morgan fingerprint density at radius 2 is 1.57 bits per heavy atom. The normalized spacial score (nSPS) is 24.4. The van der Waals surface area contributed by atoms with Crippen LogP contribution < -0.4 is 5.11 Å². The zero-order valence-corrected chi connectivity index (χ0v) is 19.1. The van der Waals surface area contributed by atoms with Gasteiger partial charge in [-0.2, -0.15) is 0 Å². The number of rotatable bonds is 8. The molecule has 0 aliphatic heterocycles. The lowest BCUT2D eigenvalue weighted by atomic mass is 9.63. The van der Waals surface area contributed by atoms with Crippen LogP contribution in [-0.4, -0.2) is 37.5 Å². The van der Waals surface area contributed by atoms with Crippen molar-refractivity contribution >= 4 is 13.7 Å². The summed E-state index contributed by atoms with van der Waals surface area (Å²) in [7, 11) is 0.601. The molecule has 156 valence electrons. The van der Waals surface area contributed by atoms with Crippen molar-refractivity contribution in [2.24, 2.45) is 10.8 Å². The zero-order chi connectivity index (χ0) is 20.9. The second-order valence-electron chi connectivity index (χ2n) is 8.14. The van der Waals surface area contributed by atoms with Crippen LogP contribution in [0.4, 0.5) is 0 Å². The van der Waals surface area contributed by atoms with Gasteiger partial charge in [-0.1, -0.05) is 66.2 Å². The molecule has 28 heavy (non-hydrogen) atoms. The van der Waals surface area contributed by atoms with E-state index in [0.29, 0.717) is 33.6 Å². The number of hydrogen-bond acceptors (Lipinski definition) is 4. The van der Waals surface area contributed by atoms with E-state index >= 15 is 0 Å². The molecule has 0 fully saturated rings. The predicted molar refractivity (Wildman–Crippen MR) is 115 cm³/mol. The van der Waals surface area contributed by atoms with Crippen LogP contribution in [0.15, 0.2) is 41.4 Å². The number of hydrogen-bond donors (Lipinski definition) is 0. The molecule has 1 aromatic rings. The summed E-state index contributed by atoms with van der Waals surface area (Å²) in [5, 5.41) is 14.0. The second-order valence-corrected chi connectivity index (χ2v) is 9.26. The minimum atomic E-state index is -0.373. The third-order valence-corrected chi connectivity index (χ3v) is 6.41. The van der Waals surface area contributed by atoms with Gasteiger partial charge in [0, 0.05) is 29.4 Å². The lowest BCUT2D eigenvalue weighted by molar-refractivity contribution is -0.207. The van der Waals surface area contributed by atoms with Gasteiger partial charge in [-0.25, -0.2) is 0 Å². The van der Waals surface area contributed by atoms with Crippen molar-refractivity contribution in [3.8, 4) is 0 Å². The highest BCUT2D eigenvalue weighted by Crippen LogP contribution is 2.54. The van der Waals surface area contributed by atoms with Gasteiger partial charge in [0.05, 0.1) is 18.8 Å². The summed E-state index contributed by atoms with van der Waals surface area (Å²) < 4.78 is 18.6. The zero-order valence-electron chi connectivity index (χ0n) is 18.2. The van der Waals surface area contributed by atoms with Gasteiger partial charge in [-0.05, 0) is 26.3 Å². The van der Waals surface area contributed by atoms with Gasteiger partial charge < -0.3 is 19.3 Å². The molecule has 1 aliphatic carbocycles. The summed E-state index contributed by atoms with van der Waals surface area (Å²) in [6.45, 7) is 16.3. The molecule has 0 heterocycles. The molecule has 0 amide bonds. The van der Waals surface area contributed by atoms with Gasteiger partial charge in [-0.3, -0.25) is 0 Å². The first-order chi connectivity index (χ1) is 13.2. The molecule has 4 nitrogen and oxygen atoms in total. The van der Waals surface area contributed by atoms with Crippen LogP contribution in [0.1, 0.15) is 54.0 Å². The minimum Gasteiger partial charge on any atom is -0.823 e. The Hall–Kier alpha value is -1.19. The van der Waals surface area contributed by atoms with E-state index in [4.69, 9.17) is 14.2 Å².